The van der Waals surface area contributed by atoms with Gasteiger partial charge in [0.05, 0.1) is 12.1 Å². The van der Waals surface area contributed by atoms with Crippen molar-refractivity contribution in [3.63, 3.8) is 0 Å². The van der Waals surface area contributed by atoms with E-state index in [2.05, 4.69) is 15.1 Å². The molecule has 124 valence electrons. The van der Waals surface area contributed by atoms with Crippen LogP contribution >= 0.6 is 0 Å². The summed E-state index contributed by atoms with van der Waals surface area (Å²) in [6.45, 7) is 4.00. The molecule has 1 saturated heterocycles. The highest BCUT2D eigenvalue weighted by molar-refractivity contribution is 5.29. The Bertz CT molecular complexity index is 669. The molecule has 2 aromatic rings. The Balaban J connectivity index is 1.65. The molecule has 0 saturated carbocycles. The summed E-state index contributed by atoms with van der Waals surface area (Å²) in [7, 11) is 0. The number of hydrogen-bond acceptors (Lipinski definition) is 4. The summed E-state index contributed by atoms with van der Waals surface area (Å²) in [5.41, 5.74) is 0.153. The summed E-state index contributed by atoms with van der Waals surface area (Å²) >= 11 is 0. The van der Waals surface area contributed by atoms with Gasteiger partial charge in [-0.25, -0.2) is 0 Å². The minimum absolute atomic E-state index is 0.103. The number of aryl methyl sites for hydroxylation is 1. The Hall–Kier alpha value is -1.89. The van der Waals surface area contributed by atoms with Crippen molar-refractivity contribution >= 4 is 0 Å². The molecule has 0 unspecified atom stereocenters. The van der Waals surface area contributed by atoms with E-state index < -0.39 is 11.7 Å². The highest BCUT2D eigenvalue weighted by Gasteiger charge is 2.32. The van der Waals surface area contributed by atoms with Crippen LogP contribution in [0.4, 0.5) is 13.2 Å². The van der Waals surface area contributed by atoms with Crippen LogP contribution in [0, 0.1) is 0 Å². The molecule has 1 aromatic carbocycles. The predicted octanol–water partition coefficient (Wildman–Crippen LogP) is 3.64. The monoisotopic (exact) mass is 325 g/mol. The van der Waals surface area contributed by atoms with Crippen molar-refractivity contribution in [3.05, 3.63) is 47.2 Å². The zero-order valence-corrected chi connectivity index (χ0v) is 12.8. The summed E-state index contributed by atoms with van der Waals surface area (Å²) in [4.78, 5) is 2.14. The Morgan fingerprint density at radius 3 is 2.74 bits per heavy atom. The molecule has 1 atom stereocenters. The summed E-state index contributed by atoms with van der Waals surface area (Å²) in [5.74, 6) is 1.27. The fraction of sp³-hybridized carbons (Fsp3) is 0.500. The van der Waals surface area contributed by atoms with E-state index in [9.17, 15) is 13.2 Å². The molecular weight excluding hydrogens is 307 g/mol. The van der Waals surface area contributed by atoms with Crippen molar-refractivity contribution < 1.29 is 17.6 Å². The number of nitrogens with zero attached hydrogens (tertiary/aromatic N) is 3. The average Bonchev–Trinajstić information content (AvgIpc) is 3.16. The number of aromatic nitrogens is 2. The molecule has 0 N–H and O–H groups in total. The first-order chi connectivity index (χ1) is 11.0. The van der Waals surface area contributed by atoms with Crippen molar-refractivity contribution in [1.82, 2.24) is 15.1 Å². The highest BCUT2D eigenvalue weighted by Crippen LogP contribution is 2.34. The minimum Gasteiger partial charge on any atom is -0.424 e. The number of likely N-dealkylation sites (tertiary alicyclic amines) is 1. The molecule has 0 aliphatic carbocycles. The standard InChI is InChI=1S/C16H18F3N3O/c1-2-14-20-21-15(23-14)10-22-7-6-12(9-22)11-4-3-5-13(8-11)16(17,18)19/h3-5,8,12H,2,6-7,9-10H2,1H3/t12-/m1/s1. The number of halogens is 3. The first-order valence-electron chi connectivity index (χ1n) is 7.66. The third kappa shape index (κ3) is 3.72. The van der Waals surface area contributed by atoms with Gasteiger partial charge in [-0.05, 0) is 30.5 Å². The second-order valence-corrected chi connectivity index (χ2v) is 5.79. The first-order valence-corrected chi connectivity index (χ1v) is 7.66. The minimum atomic E-state index is -4.30. The van der Waals surface area contributed by atoms with E-state index in [4.69, 9.17) is 4.42 Å². The summed E-state index contributed by atoms with van der Waals surface area (Å²) in [5, 5.41) is 7.91. The molecule has 2 heterocycles. The van der Waals surface area contributed by atoms with Gasteiger partial charge in [0.25, 0.3) is 0 Å². The molecule has 0 spiro atoms. The van der Waals surface area contributed by atoms with Crippen LogP contribution in [0.3, 0.4) is 0 Å². The van der Waals surface area contributed by atoms with Crippen LogP contribution < -0.4 is 0 Å². The van der Waals surface area contributed by atoms with Crippen molar-refractivity contribution in [2.45, 2.75) is 38.4 Å². The first kappa shape index (κ1) is 16.0. The van der Waals surface area contributed by atoms with Crippen molar-refractivity contribution in [2.75, 3.05) is 13.1 Å². The number of hydrogen-bond donors (Lipinski definition) is 0. The lowest BCUT2D eigenvalue weighted by atomic mass is 9.96. The van der Waals surface area contributed by atoms with Crippen LogP contribution in [0.2, 0.25) is 0 Å². The van der Waals surface area contributed by atoms with Gasteiger partial charge in [-0.15, -0.1) is 10.2 Å². The average molecular weight is 325 g/mol. The van der Waals surface area contributed by atoms with Gasteiger partial charge in [0.2, 0.25) is 11.8 Å². The Kier molecular flexibility index (Phi) is 4.39. The maximum Gasteiger partial charge on any atom is 0.416 e. The van der Waals surface area contributed by atoms with Gasteiger partial charge in [-0.3, -0.25) is 4.90 Å². The van der Waals surface area contributed by atoms with E-state index in [1.165, 1.54) is 12.1 Å². The van der Waals surface area contributed by atoms with E-state index >= 15 is 0 Å². The largest absolute Gasteiger partial charge is 0.424 e. The lowest BCUT2D eigenvalue weighted by Crippen LogP contribution is -2.20. The van der Waals surface area contributed by atoms with Crippen LogP contribution in [0.25, 0.3) is 0 Å². The van der Waals surface area contributed by atoms with Crippen LogP contribution in [0.15, 0.2) is 28.7 Å². The smallest absolute Gasteiger partial charge is 0.416 e. The Labute approximate surface area is 132 Å². The maximum absolute atomic E-state index is 12.8. The zero-order chi connectivity index (χ0) is 16.4. The maximum atomic E-state index is 12.8. The molecule has 23 heavy (non-hydrogen) atoms. The Morgan fingerprint density at radius 1 is 1.26 bits per heavy atom. The molecule has 7 heteroatoms. The quantitative estimate of drug-likeness (QED) is 0.861. The summed E-state index contributed by atoms with van der Waals surface area (Å²) < 4.78 is 43.9. The van der Waals surface area contributed by atoms with Crippen LogP contribution in [-0.2, 0) is 19.1 Å². The van der Waals surface area contributed by atoms with Crippen LogP contribution in [-0.4, -0.2) is 28.2 Å². The van der Waals surface area contributed by atoms with E-state index in [1.54, 1.807) is 6.07 Å². The molecule has 0 amide bonds. The predicted molar refractivity (Wildman–Crippen MR) is 77.8 cm³/mol. The molecule has 0 radical (unpaired) electrons. The van der Waals surface area contributed by atoms with Gasteiger partial charge in [0.1, 0.15) is 0 Å². The van der Waals surface area contributed by atoms with Crippen LogP contribution in [0.5, 0.6) is 0 Å². The van der Waals surface area contributed by atoms with Crippen molar-refractivity contribution in [3.8, 4) is 0 Å². The molecule has 4 nitrogen and oxygen atoms in total. The lowest BCUT2D eigenvalue weighted by molar-refractivity contribution is -0.137. The molecular formula is C16H18F3N3O. The molecule has 3 rings (SSSR count). The van der Waals surface area contributed by atoms with E-state index in [1.807, 2.05) is 6.92 Å². The third-order valence-electron chi connectivity index (χ3n) is 4.13. The lowest BCUT2D eigenvalue weighted by Gasteiger charge is -2.15. The van der Waals surface area contributed by atoms with E-state index in [0.717, 1.165) is 24.6 Å². The zero-order valence-electron chi connectivity index (χ0n) is 12.8. The van der Waals surface area contributed by atoms with Crippen LogP contribution in [0.1, 0.15) is 42.2 Å². The topological polar surface area (TPSA) is 42.2 Å². The SMILES string of the molecule is CCc1nnc(CN2CC[C@@H](c3cccc(C(F)(F)F)c3)C2)o1. The van der Waals surface area contributed by atoms with Crippen molar-refractivity contribution in [1.29, 1.82) is 0 Å². The van der Waals surface area contributed by atoms with Gasteiger partial charge >= 0.3 is 6.18 Å². The highest BCUT2D eigenvalue weighted by atomic mass is 19.4. The number of alkyl halides is 3. The normalized spacial score (nSPS) is 19.4. The summed E-state index contributed by atoms with van der Waals surface area (Å²) in [6, 6.07) is 5.62. The van der Waals surface area contributed by atoms with Crippen molar-refractivity contribution in [2.24, 2.45) is 0 Å². The molecule has 1 aliphatic rings. The van der Waals surface area contributed by atoms with Gasteiger partial charge < -0.3 is 4.42 Å². The molecule has 0 bridgehead atoms. The molecule has 1 fully saturated rings. The molecule has 1 aromatic heterocycles. The van der Waals surface area contributed by atoms with Gasteiger partial charge in [-0.2, -0.15) is 13.2 Å². The van der Waals surface area contributed by atoms with Gasteiger partial charge in [-0.1, -0.05) is 25.1 Å². The third-order valence-corrected chi connectivity index (χ3v) is 4.13. The van der Waals surface area contributed by atoms with Gasteiger partial charge in [0, 0.05) is 13.0 Å². The second kappa shape index (κ2) is 6.31. The summed E-state index contributed by atoms with van der Waals surface area (Å²) in [6.07, 6.45) is -2.77. The fourth-order valence-corrected chi connectivity index (χ4v) is 2.90. The van der Waals surface area contributed by atoms with Gasteiger partial charge in [0.15, 0.2) is 0 Å². The molecule has 1 aliphatic heterocycles. The number of benzene rings is 1. The fourth-order valence-electron chi connectivity index (χ4n) is 2.90. The Morgan fingerprint density at radius 2 is 2.04 bits per heavy atom. The van der Waals surface area contributed by atoms with E-state index in [0.29, 0.717) is 31.3 Å². The number of rotatable bonds is 4. The van der Waals surface area contributed by atoms with E-state index in [-0.39, 0.29) is 5.92 Å². The second-order valence-electron chi connectivity index (χ2n) is 5.79.